The lowest BCUT2D eigenvalue weighted by atomic mass is 10.1. The molecule has 0 amide bonds. The van der Waals surface area contributed by atoms with Crippen LogP contribution in [-0.2, 0) is 0 Å². The third-order valence-corrected chi connectivity index (χ3v) is 3.46. The number of rotatable bonds is 6. The van der Waals surface area contributed by atoms with Crippen LogP contribution in [0.25, 0.3) is 0 Å². The molecule has 0 N–H and O–H groups in total. The van der Waals surface area contributed by atoms with Gasteiger partial charge in [-0.15, -0.1) is 0 Å². The van der Waals surface area contributed by atoms with E-state index in [1.165, 1.54) is 7.11 Å². The van der Waals surface area contributed by atoms with Crippen molar-refractivity contribution in [3.05, 3.63) is 52.5 Å². The molecule has 22 heavy (non-hydrogen) atoms. The van der Waals surface area contributed by atoms with Crippen LogP contribution in [0.15, 0.2) is 36.4 Å². The number of hydrogen-bond donors (Lipinski definition) is 0. The Hall–Kier alpha value is -2.20. The molecule has 0 aliphatic heterocycles. The topological polar surface area (TPSA) is 44.8 Å². The summed E-state index contributed by atoms with van der Waals surface area (Å²) in [5.41, 5.74) is 1.50. The summed E-state index contributed by atoms with van der Waals surface area (Å²) in [6.07, 6.45) is 0. The normalized spacial score (nSPS) is 10.2. The van der Waals surface area contributed by atoms with Gasteiger partial charge in [0.15, 0.2) is 23.9 Å². The molecule has 0 aromatic heterocycles. The number of carbonyl (C=O) groups excluding carboxylic acids is 1. The number of aryl methyl sites for hydroxylation is 1. The van der Waals surface area contributed by atoms with Crippen molar-refractivity contribution in [2.24, 2.45) is 0 Å². The van der Waals surface area contributed by atoms with Gasteiger partial charge in [-0.3, -0.25) is 4.79 Å². The minimum Gasteiger partial charge on any atom is -0.493 e. The number of ketones is 1. The first-order valence-corrected chi connectivity index (χ1v) is 7.07. The molecule has 0 unspecified atom stereocenters. The molecule has 4 nitrogen and oxygen atoms in total. The molecular formula is C17H17ClO4. The smallest absolute Gasteiger partial charge is 0.200 e. The van der Waals surface area contributed by atoms with E-state index in [-0.39, 0.29) is 12.4 Å². The first-order chi connectivity index (χ1) is 10.5. The molecule has 0 fully saturated rings. The summed E-state index contributed by atoms with van der Waals surface area (Å²) in [5.74, 6) is 1.40. The fraction of sp³-hybridized carbons (Fsp3) is 0.235. The Morgan fingerprint density at radius 1 is 1.00 bits per heavy atom. The van der Waals surface area contributed by atoms with Gasteiger partial charge in [0.05, 0.1) is 19.2 Å². The zero-order valence-corrected chi connectivity index (χ0v) is 13.4. The van der Waals surface area contributed by atoms with Crippen molar-refractivity contribution in [2.45, 2.75) is 6.92 Å². The van der Waals surface area contributed by atoms with Crippen molar-refractivity contribution in [1.29, 1.82) is 0 Å². The Kier molecular flexibility index (Phi) is 5.28. The fourth-order valence-electron chi connectivity index (χ4n) is 1.96. The average molecular weight is 321 g/mol. The van der Waals surface area contributed by atoms with Crippen molar-refractivity contribution in [3.8, 4) is 17.2 Å². The molecule has 0 saturated carbocycles. The van der Waals surface area contributed by atoms with E-state index in [0.29, 0.717) is 27.8 Å². The van der Waals surface area contributed by atoms with Gasteiger partial charge in [-0.2, -0.15) is 0 Å². The SMILES string of the molecule is COc1ccc(C(=O)COc2cc(C)ccc2Cl)cc1OC. The van der Waals surface area contributed by atoms with E-state index >= 15 is 0 Å². The molecule has 2 aromatic carbocycles. The molecule has 2 aromatic rings. The first-order valence-electron chi connectivity index (χ1n) is 6.69. The van der Waals surface area contributed by atoms with Crippen molar-refractivity contribution < 1.29 is 19.0 Å². The molecule has 0 radical (unpaired) electrons. The van der Waals surface area contributed by atoms with Crippen LogP contribution in [0.1, 0.15) is 15.9 Å². The summed E-state index contributed by atoms with van der Waals surface area (Å²) in [7, 11) is 3.07. The highest BCUT2D eigenvalue weighted by Gasteiger charge is 2.12. The van der Waals surface area contributed by atoms with E-state index in [4.69, 9.17) is 25.8 Å². The minimum absolute atomic E-state index is 0.0986. The molecule has 0 aliphatic rings. The maximum Gasteiger partial charge on any atom is 0.200 e. The minimum atomic E-state index is -0.168. The predicted octanol–water partition coefficient (Wildman–Crippen LogP) is 3.93. The van der Waals surface area contributed by atoms with E-state index < -0.39 is 0 Å². The van der Waals surface area contributed by atoms with E-state index in [9.17, 15) is 4.79 Å². The molecule has 0 heterocycles. The number of ether oxygens (including phenoxy) is 3. The van der Waals surface area contributed by atoms with Gasteiger partial charge in [0, 0.05) is 5.56 Å². The third-order valence-electron chi connectivity index (χ3n) is 3.15. The predicted molar refractivity (Wildman–Crippen MR) is 85.6 cm³/mol. The number of halogens is 1. The van der Waals surface area contributed by atoms with Crippen LogP contribution in [0.4, 0.5) is 0 Å². The fourth-order valence-corrected chi connectivity index (χ4v) is 2.13. The number of Topliss-reactive ketones (excluding diaryl/α,β-unsaturated/α-hetero) is 1. The van der Waals surface area contributed by atoms with Crippen LogP contribution in [0.5, 0.6) is 17.2 Å². The van der Waals surface area contributed by atoms with Gasteiger partial charge in [0.2, 0.25) is 0 Å². The van der Waals surface area contributed by atoms with Gasteiger partial charge in [-0.1, -0.05) is 17.7 Å². The summed E-state index contributed by atoms with van der Waals surface area (Å²) < 4.78 is 15.8. The second-order valence-corrected chi connectivity index (χ2v) is 5.12. The molecule has 0 aliphatic carbocycles. The van der Waals surface area contributed by atoms with E-state index in [2.05, 4.69) is 0 Å². The highest BCUT2D eigenvalue weighted by atomic mass is 35.5. The van der Waals surface area contributed by atoms with Crippen LogP contribution < -0.4 is 14.2 Å². The molecule has 0 bridgehead atoms. The van der Waals surface area contributed by atoms with Crippen LogP contribution >= 0.6 is 11.6 Å². The van der Waals surface area contributed by atoms with Crippen molar-refractivity contribution in [2.75, 3.05) is 20.8 Å². The standard InChI is InChI=1S/C17H17ClO4/c1-11-4-6-13(18)16(8-11)22-10-14(19)12-5-7-15(20-2)17(9-12)21-3/h4-9H,10H2,1-3H3. The van der Waals surface area contributed by atoms with Gasteiger partial charge in [0.1, 0.15) is 5.75 Å². The van der Waals surface area contributed by atoms with Crippen LogP contribution in [0.2, 0.25) is 5.02 Å². The second kappa shape index (κ2) is 7.18. The summed E-state index contributed by atoms with van der Waals surface area (Å²) in [6, 6.07) is 10.4. The summed E-state index contributed by atoms with van der Waals surface area (Å²) in [6.45, 7) is 1.83. The highest BCUT2D eigenvalue weighted by molar-refractivity contribution is 6.32. The van der Waals surface area contributed by atoms with Crippen molar-refractivity contribution in [3.63, 3.8) is 0 Å². The molecule has 0 saturated heterocycles. The number of hydrogen-bond acceptors (Lipinski definition) is 4. The monoisotopic (exact) mass is 320 g/mol. The van der Waals surface area contributed by atoms with E-state index in [1.54, 1.807) is 37.4 Å². The maximum atomic E-state index is 12.2. The van der Waals surface area contributed by atoms with Gasteiger partial charge in [-0.05, 0) is 42.8 Å². The summed E-state index contributed by atoms with van der Waals surface area (Å²) >= 11 is 6.04. The number of methoxy groups -OCH3 is 2. The lowest BCUT2D eigenvalue weighted by Crippen LogP contribution is -2.12. The molecule has 5 heteroatoms. The lowest BCUT2D eigenvalue weighted by Gasteiger charge is -2.10. The number of carbonyl (C=O) groups is 1. The zero-order chi connectivity index (χ0) is 16.1. The first kappa shape index (κ1) is 16.2. The summed E-state index contributed by atoms with van der Waals surface area (Å²) in [5, 5.41) is 0.478. The third kappa shape index (κ3) is 3.71. The zero-order valence-electron chi connectivity index (χ0n) is 12.7. The van der Waals surface area contributed by atoms with Crippen LogP contribution in [-0.4, -0.2) is 26.6 Å². The Labute approximate surface area is 134 Å². The quantitative estimate of drug-likeness (QED) is 0.757. The maximum absolute atomic E-state index is 12.2. The van der Waals surface area contributed by atoms with Crippen LogP contribution in [0, 0.1) is 6.92 Å². The van der Waals surface area contributed by atoms with Gasteiger partial charge >= 0.3 is 0 Å². The number of benzene rings is 2. The lowest BCUT2D eigenvalue weighted by molar-refractivity contribution is 0.0921. The molecule has 2 rings (SSSR count). The molecular weight excluding hydrogens is 304 g/mol. The van der Waals surface area contributed by atoms with Gasteiger partial charge in [-0.25, -0.2) is 0 Å². The molecule has 0 atom stereocenters. The van der Waals surface area contributed by atoms with Gasteiger partial charge in [0.25, 0.3) is 0 Å². The second-order valence-electron chi connectivity index (χ2n) is 4.72. The largest absolute Gasteiger partial charge is 0.493 e. The van der Waals surface area contributed by atoms with Crippen LogP contribution in [0.3, 0.4) is 0 Å². The Balaban J connectivity index is 2.11. The van der Waals surface area contributed by atoms with Gasteiger partial charge < -0.3 is 14.2 Å². The average Bonchev–Trinajstić information content (AvgIpc) is 2.54. The Morgan fingerprint density at radius 2 is 1.73 bits per heavy atom. The van der Waals surface area contributed by atoms with Crippen molar-refractivity contribution in [1.82, 2.24) is 0 Å². The van der Waals surface area contributed by atoms with E-state index in [0.717, 1.165) is 5.56 Å². The highest BCUT2D eigenvalue weighted by Crippen LogP contribution is 2.28. The Morgan fingerprint density at radius 3 is 2.41 bits per heavy atom. The van der Waals surface area contributed by atoms with E-state index in [1.807, 2.05) is 13.0 Å². The summed E-state index contributed by atoms with van der Waals surface area (Å²) in [4.78, 5) is 12.2. The molecule has 116 valence electrons. The molecule has 0 spiro atoms. The Bertz CT molecular complexity index is 682. The van der Waals surface area contributed by atoms with Crippen molar-refractivity contribution >= 4 is 17.4 Å².